The summed E-state index contributed by atoms with van der Waals surface area (Å²) < 4.78 is 5.31. The van der Waals surface area contributed by atoms with Crippen molar-refractivity contribution >= 4 is 11.6 Å². The molecule has 1 aromatic rings. The molecule has 1 aromatic carbocycles. The van der Waals surface area contributed by atoms with Crippen LogP contribution in [0.3, 0.4) is 0 Å². The van der Waals surface area contributed by atoms with Crippen LogP contribution in [0.15, 0.2) is 18.2 Å². The Hall–Kier alpha value is -1.55. The fraction of sp³-hybridized carbons (Fsp3) is 0.533. The number of methoxy groups -OCH3 is 1. The van der Waals surface area contributed by atoms with E-state index in [1.807, 2.05) is 25.2 Å². The number of rotatable bonds is 4. The molecule has 1 fully saturated rings. The zero-order valence-corrected chi connectivity index (χ0v) is 11.8. The topological polar surface area (TPSA) is 55.6 Å². The normalized spacial score (nSPS) is 21.7. The number of nitrogens with two attached hydrogens (primary N) is 1. The zero-order chi connectivity index (χ0) is 14.0. The summed E-state index contributed by atoms with van der Waals surface area (Å²) in [5, 5.41) is 0. The number of ether oxygens (including phenoxy) is 1. The van der Waals surface area contributed by atoms with E-state index in [1.165, 1.54) is 0 Å². The highest BCUT2D eigenvalue weighted by Gasteiger charge is 2.34. The summed E-state index contributed by atoms with van der Waals surface area (Å²) in [6.45, 7) is 2.08. The van der Waals surface area contributed by atoms with Crippen molar-refractivity contribution in [2.45, 2.75) is 32.2 Å². The quantitative estimate of drug-likeness (QED) is 0.902. The molecular formula is C15H22N2O2. The highest BCUT2D eigenvalue weighted by atomic mass is 16.5. The van der Waals surface area contributed by atoms with E-state index in [9.17, 15) is 4.79 Å². The largest absolute Gasteiger partial charge is 0.496 e. The maximum Gasteiger partial charge on any atom is 0.229 e. The van der Waals surface area contributed by atoms with Crippen LogP contribution in [0.5, 0.6) is 5.75 Å². The van der Waals surface area contributed by atoms with Gasteiger partial charge in [0.15, 0.2) is 0 Å². The second kappa shape index (κ2) is 5.61. The first-order valence-electron chi connectivity index (χ1n) is 6.76. The van der Waals surface area contributed by atoms with E-state index in [4.69, 9.17) is 10.5 Å². The fourth-order valence-electron chi connectivity index (χ4n) is 2.51. The third-order valence-corrected chi connectivity index (χ3v) is 3.89. The molecule has 19 heavy (non-hydrogen) atoms. The molecule has 2 rings (SSSR count). The highest BCUT2D eigenvalue weighted by molar-refractivity contribution is 5.95. The lowest BCUT2D eigenvalue weighted by molar-refractivity contribution is -0.124. The molecule has 0 unspecified atom stereocenters. The van der Waals surface area contributed by atoms with Crippen LogP contribution >= 0.6 is 0 Å². The van der Waals surface area contributed by atoms with Crippen molar-refractivity contribution < 1.29 is 9.53 Å². The molecule has 0 heterocycles. The number of carbonyl (C=O) groups is 1. The van der Waals surface area contributed by atoms with E-state index >= 15 is 0 Å². The molecule has 4 nitrogen and oxygen atoms in total. The number of carbonyl (C=O) groups excluding carboxylic acids is 1. The monoisotopic (exact) mass is 262 g/mol. The number of benzene rings is 1. The molecule has 104 valence electrons. The zero-order valence-electron chi connectivity index (χ0n) is 11.8. The minimum atomic E-state index is 0.0900. The van der Waals surface area contributed by atoms with E-state index in [-0.39, 0.29) is 17.9 Å². The molecule has 1 aliphatic rings. The number of aryl methyl sites for hydroxylation is 1. The van der Waals surface area contributed by atoms with Gasteiger partial charge < -0.3 is 15.4 Å². The molecule has 1 amide bonds. The standard InChI is InChI=1S/C15H22N2O2/c1-4-10-9-13(5-6-14(10)19-3)17(2)15(18)11-7-12(16)8-11/h5-6,9,11-12H,4,7-8,16H2,1-3H3. The van der Waals surface area contributed by atoms with Gasteiger partial charge >= 0.3 is 0 Å². The summed E-state index contributed by atoms with van der Waals surface area (Å²) in [6, 6.07) is 6.07. The lowest BCUT2D eigenvalue weighted by atomic mass is 9.80. The first kappa shape index (κ1) is 13.9. The minimum Gasteiger partial charge on any atom is -0.496 e. The van der Waals surface area contributed by atoms with Gasteiger partial charge in [-0.05, 0) is 43.0 Å². The molecule has 2 N–H and O–H groups in total. The van der Waals surface area contributed by atoms with Crippen molar-refractivity contribution in [1.82, 2.24) is 0 Å². The molecule has 0 bridgehead atoms. The van der Waals surface area contributed by atoms with E-state index < -0.39 is 0 Å². The third kappa shape index (κ3) is 2.73. The molecule has 0 radical (unpaired) electrons. The van der Waals surface area contributed by atoms with Gasteiger partial charge in [-0.25, -0.2) is 0 Å². The third-order valence-electron chi connectivity index (χ3n) is 3.89. The van der Waals surface area contributed by atoms with Crippen molar-refractivity contribution in [3.8, 4) is 5.75 Å². The minimum absolute atomic E-state index is 0.0900. The van der Waals surface area contributed by atoms with Crippen LogP contribution in [0.4, 0.5) is 5.69 Å². The van der Waals surface area contributed by atoms with Gasteiger partial charge in [-0.15, -0.1) is 0 Å². The Labute approximate surface area is 114 Å². The average Bonchev–Trinajstić information content (AvgIpc) is 2.41. The summed E-state index contributed by atoms with van der Waals surface area (Å²) in [7, 11) is 3.49. The SMILES string of the molecule is CCc1cc(N(C)C(=O)C2CC(N)C2)ccc1OC. The van der Waals surface area contributed by atoms with Gasteiger partial charge in [0.2, 0.25) is 5.91 Å². The van der Waals surface area contributed by atoms with Crippen molar-refractivity contribution in [3.63, 3.8) is 0 Å². The molecule has 1 saturated carbocycles. The maximum atomic E-state index is 12.3. The first-order chi connectivity index (χ1) is 9.06. The van der Waals surface area contributed by atoms with Crippen molar-refractivity contribution in [1.29, 1.82) is 0 Å². The van der Waals surface area contributed by atoms with Crippen molar-refractivity contribution in [3.05, 3.63) is 23.8 Å². The number of amides is 1. The lowest BCUT2D eigenvalue weighted by Gasteiger charge is -2.34. The van der Waals surface area contributed by atoms with Crippen molar-refractivity contribution in [2.75, 3.05) is 19.1 Å². The molecule has 1 aliphatic carbocycles. The van der Waals surface area contributed by atoms with Crippen LogP contribution in [-0.2, 0) is 11.2 Å². The van der Waals surface area contributed by atoms with Crippen LogP contribution in [0.1, 0.15) is 25.3 Å². The lowest BCUT2D eigenvalue weighted by Crippen LogP contribution is -2.45. The Morgan fingerprint density at radius 3 is 2.68 bits per heavy atom. The van der Waals surface area contributed by atoms with Gasteiger partial charge in [-0.1, -0.05) is 6.92 Å². The summed E-state index contributed by atoms with van der Waals surface area (Å²) in [5.74, 6) is 1.12. The maximum absolute atomic E-state index is 12.3. The second-order valence-corrected chi connectivity index (χ2v) is 5.18. The Morgan fingerprint density at radius 2 is 2.16 bits per heavy atom. The van der Waals surface area contributed by atoms with Crippen LogP contribution in [0, 0.1) is 5.92 Å². The van der Waals surface area contributed by atoms with Crippen LogP contribution in [0.2, 0.25) is 0 Å². The molecular weight excluding hydrogens is 240 g/mol. The summed E-state index contributed by atoms with van der Waals surface area (Å²) in [4.78, 5) is 14.0. The van der Waals surface area contributed by atoms with Crippen molar-refractivity contribution in [2.24, 2.45) is 11.7 Å². The van der Waals surface area contributed by atoms with Gasteiger partial charge in [-0.2, -0.15) is 0 Å². The second-order valence-electron chi connectivity index (χ2n) is 5.18. The number of hydrogen-bond donors (Lipinski definition) is 1. The smallest absolute Gasteiger partial charge is 0.229 e. The fourth-order valence-corrected chi connectivity index (χ4v) is 2.51. The van der Waals surface area contributed by atoms with E-state index in [2.05, 4.69) is 6.92 Å². The molecule has 0 spiro atoms. The number of anilines is 1. The van der Waals surface area contributed by atoms with Crippen LogP contribution < -0.4 is 15.4 Å². The molecule has 0 atom stereocenters. The first-order valence-corrected chi connectivity index (χ1v) is 6.76. The summed E-state index contributed by atoms with van der Waals surface area (Å²) >= 11 is 0. The summed E-state index contributed by atoms with van der Waals surface area (Å²) in [5.41, 5.74) is 7.78. The average molecular weight is 262 g/mol. The molecule has 0 saturated heterocycles. The predicted octanol–water partition coefficient (Wildman–Crippen LogP) is 1.96. The Morgan fingerprint density at radius 1 is 1.47 bits per heavy atom. The molecule has 0 aliphatic heterocycles. The van der Waals surface area contributed by atoms with Crippen LogP contribution in [0.25, 0.3) is 0 Å². The van der Waals surface area contributed by atoms with Gasteiger partial charge in [-0.3, -0.25) is 4.79 Å². The highest BCUT2D eigenvalue weighted by Crippen LogP contribution is 2.30. The van der Waals surface area contributed by atoms with Gasteiger partial charge in [0.05, 0.1) is 7.11 Å². The number of nitrogens with zero attached hydrogens (tertiary/aromatic N) is 1. The summed E-state index contributed by atoms with van der Waals surface area (Å²) in [6.07, 6.45) is 2.49. The van der Waals surface area contributed by atoms with E-state index in [0.717, 1.165) is 36.3 Å². The van der Waals surface area contributed by atoms with Gasteiger partial charge in [0, 0.05) is 24.7 Å². The predicted molar refractivity (Wildman–Crippen MR) is 76.5 cm³/mol. The van der Waals surface area contributed by atoms with Gasteiger partial charge in [0.25, 0.3) is 0 Å². The Bertz CT molecular complexity index is 467. The van der Waals surface area contributed by atoms with E-state index in [1.54, 1.807) is 12.0 Å². The molecule has 0 aromatic heterocycles. The Balaban J connectivity index is 2.14. The van der Waals surface area contributed by atoms with Gasteiger partial charge in [0.1, 0.15) is 5.75 Å². The van der Waals surface area contributed by atoms with E-state index in [0.29, 0.717) is 0 Å². The number of hydrogen-bond acceptors (Lipinski definition) is 3. The molecule has 4 heteroatoms. The van der Waals surface area contributed by atoms with Crippen LogP contribution in [-0.4, -0.2) is 26.1 Å². The Kier molecular flexibility index (Phi) is 4.10.